The Morgan fingerprint density at radius 3 is 3.20 bits per heavy atom. The van der Waals surface area contributed by atoms with Crippen LogP contribution in [0.3, 0.4) is 0 Å². The monoisotopic (exact) mass is 246 g/mol. The zero-order valence-corrected chi connectivity index (χ0v) is 7.06. The molecule has 0 radical (unpaired) electrons. The molecule has 0 aliphatic carbocycles. The van der Waals surface area contributed by atoms with E-state index in [2.05, 4.69) is 38.1 Å². The van der Waals surface area contributed by atoms with Crippen LogP contribution in [-0.2, 0) is 0 Å². The Kier molecular flexibility index (Phi) is 1.30. The molecule has 2 aromatic heterocycles. The molecule has 50 valence electrons. The van der Waals surface area contributed by atoms with E-state index in [0.717, 1.165) is 9.22 Å². The van der Waals surface area contributed by atoms with Crippen molar-refractivity contribution in [2.75, 3.05) is 0 Å². The highest BCUT2D eigenvalue weighted by atomic mass is 127. The summed E-state index contributed by atoms with van der Waals surface area (Å²) < 4.78 is 2.70. The first-order valence-corrected chi connectivity index (χ1v) is 3.78. The number of pyridine rings is 1. The lowest BCUT2D eigenvalue weighted by atomic mass is 10.5. The summed E-state index contributed by atoms with van der Waals surface area (Å²) in [6, 6.07) is 3.87. The molecule has 0 aliphatic rings. The molecule has 2 heterocycles. The summed E-state index contributed by atoms with van der Waals surface area (Å²) in [6.45, 7) is 0. The van der Waals surface area contributed by atoms with Crippen LogP contribution >= 0.6 is 22.6 Å². The van der Waals surface area contributed by atoms with Crippen LogP contribution in [0.1, 0.15) is 0 Å². The Balaban J connectivity index is 2.95. The fraction of sp³-hybridized carbons (Fsp3) is 0. The predicted octanol–water partition coefficient (Wildman–Crippen LogP) is 0.729. The van der Waals surface area contributed by atoms with E-state index in [1.54, 1.807) is 4.52 Å². The molecule has 0 N–H and O–H groups in total. The molecular weight excluding hydrogens is 243 g/mol. The van der Waals surface area contributed by atoms with Gasteiger partial charge in [-0.3, -0.25) is 0 Å². The average molecular weight is 246 g/mol. The van der Waals surface area contributed by atoms with Crippen molar-refractivity contribution in [3.05, 3.63) is 21.9 Å². The zero-order chi connectivity index (χ0) is 6.97. The average Bonchev–Trinajstić information content (AvgIpc) is 2.36. The summed E-state index contributed by atoms with van der Waals surface area (Å²) in [6.07, 6.45) is 1.82. The standard InChI is InChI=1S/C5H3IN4/c6-4-2-1-3-10-5(4)7-8-9-10/h1-3H. The summed E-state index contributed by atoms with van der Waals surface area (Å²) in [7, 11) is 0. The smallest absolute Gasteiger partial charge is 0.192 e. The molecule has 0 saturated heterocycles. The van der Waals surface area contributed by atoms with Crippen LogP contribution in [0.2, 0.25) is 0 Å². The van der Waals surface area contributed by atoms with Crippen LogP contribution in [0.5, 0.6) is 0 Å². The first-order valence-electron chi connectivity index (χ1n) is 2.70. The van der Waals surface area contributed by atoms with Gasteiger partial charge in [0.1, 0.15) is 0 Å². The molecule has 5 heteroatoms. The zero-order valence-electron chi connectivity index (χ0n) is 4.90. The summed E-state index contributed by atoms with van der Waals surface area (Å²) in [5.74, 6) is 0. The van der Waals surface area contributed by atoms with Crippen molar-refractivity contribution in [3.63, 3.8) is 0 Å². The van der Waals surface area contributed by atoms with Gasteiger partial charge in [-0.25, -0.2) is 0 Å². The van der Waals surface area contributed by atoms with Gasteiger partial charge in [-0.2, -0.15) is 4.52 Å². The highest BCUT2D eigenvalue weighted by Crippen LogP contribution is 2.07. The molecule has 0 aromatic carbocycles. The van der Waals surface area contributed by atoms with Crippen molar-refractivity contribution in [2.45, 2.75) is 0 Å². The predicted molar refractivity (Wildman–Crippen MR) is 43.5 cm³/mol. The fourth-order valence-corrected chi connectivity index (χ4v) is 1.30. The highest BCUT2D eigenvalue weighted by molar-refractivity contribution is 14.1. The summed E-state index contributed by atoms with van der Waals surface area (Å²) in [4.78, 5) is 0. The molecule has 0 spiro atoms. The maximum absolute atomic E-state index is 3.81. The lowest BCUT2D eigenvalue weighted by molar-refractivity contribution is 0.823. The molecule has 4 nitrogen and oxygen atoms in total. The van der Waals surface area contributed by atoms with Crippen molar-refractivity contribution in [1.29, 1.82) is 0 Å². The van der Waals surface area contributed by atoms with Gasteiger partial charge < -0.3 is 0 Å². The maximum atomic E-state index is 3.81. The van der Waals surface area contributed by atoms with Gasteiger partial charge >= 0.3 is 0 Å². The number of halogens is 1. The number of aromatic nitrogens is 4. The third-order valence-corrected chi connectivity index (χ3v) is 2.02. The first-order chi connectivity index (χ1) is 4.88. The van der Waals surface area contributed by atoms with Crippen molar-refractivity contribution in [2.24, 2.45) is 0 Å². The Labute approximate surface area is 70.4 Å². The van der Waals surface area contributed by atoms with Crippen LogP contribution in [0.4, 0.5) is 0 Å². The van der Waals surface area contributed by atoms with Crippen molar-refractivity contribution < 1.29 is 0 Å². The molecule has 0 amide bonds. The van der Waals surface area contributed by atoms with E-state index in [-0.39, 0.29) is 0 Å². The van der Waals surface area contributed by atoms with Crippen molar-refractivity contribution >= 4 is 28.2 Å². The Bertz CT molecular complexity index is 355. The van der Waals surface area contributed by atoms with Crippen LogP contribution in [0.15, 0.2) is 18.3 Å². The first kappa shape index (κ1) is 6.02. The van der Waals surface area contributed by atoms with Crippen LogP contribution in [0, 0.1) is 3.57 Å². The second-order valence-electron chi connectivity index (χ2n) is 1.80. The summed E-state index contributed by atoms with van der Waals surface area (Å²) in [5, 5.41) is 11.1. The topological polar surface area (TPSA) is 43.1 Å². The van der Waals surface area contributed by atoms with Crippen LogP contribution in [0.25, 0.3) is 5.65 Å². The van der Waals surface area contributed by atoms with E-state index in [4.69, 9.17) is 0 Å². The second kappa shape index (κ2) is 2.15. The van der Waals surface area contributed by atoms with Crippen LogP contribution in [-0.4, -0.2) is 20.0 Å². The van der Waals surface area contributed by atoms with Gasteiger partial charge in [0.25, 0.3) is 0 Å². The minimum Gasteiger partial charge on any atom is -0.200 e. The number of hydrogen-bond acceptors (Lipinski definition) is 3. The van der Waals surface area contributed by atoms with Gasteiger partial charge in [0.2, 0.25) is 0 Å². The molecule has 0 saturated carbocycles. The van der Waals surface area contributed by atoms with Gasteiger partial charge in [0.15, 0.2) is 5.65 Å². The third-order valence-electron chi connectivity index (χ3n) is 1.18. The number of tetrazole rings is 1. The minimum absolute atomic E-state index is 0.808. The Morgan fingerprint density at radius 1 is 1.50 bits per heavy atom. The lowest BCUT2D eigenvalue weighted by Gasteiger charge is -1.88. The van der Waals surface area contributed by atoms with Crippen molar-refractivity contribution in [3.8, 4) is 0 Å². The van der Waals surface area contributed by atoms with Gasteiger partial charge in [-0.1, -0.05) is 0 Å². The molecule has 0 atom stereocenters. The Hall–Kier alpha value is -0.720. The van der Waals surface area contributed by atoms with Crippen LogP contribution < -0.4 is 0 Å². The molecular formula is C5H3IN4. The highest BCUT2D eigenvalue weighted by Gasteiger charge is 1.97. The van der Waals surface area contributed by atoms with Gasteiger partial charge in [0, 0.05) is 6.20 Å². The largest absolute Gasteiger partial charge is 0.200 e. The quantitative estimate of drug-likeness (QED) is 0.643. The maximum Gasteiger partial charge on any atom is 0.192 e. The number of nitrogens with zero attached hydrogens (tertiary/aromatic N) is 4. The van der Waals surface area contributed by atoms with E-state index in [1.807, 2.05) is 18.3 Å². The fourth-order valence-electron chi connectivity index (χ4n) is 0.735. The van der Waals surface area contributed by atoms with Gasteiger partial charge in [-0.15, -0.1) is 5.10 Å². The molecule has 2 rings (SSSR count). The molecule has 0 fully saturated rings. The molecule has 0 aliphatic heterocycles. The normalized spacial score (nSPS) is 10.5. The molecule has 2 aromatic rings. The molecule has 10 heavy (non-hydrogen) atoms. The van der Waals surface area contributed by atoms with Gasteiger partial charge in [0.05, 0.1) is 3.57 Å². The Morgan fingerprint density at radius 2 is 2.40 bits per heavy atom. The van der Waals surface area contributed by atoms with E-state index >= 15 is 0 Å². The number of fused-ring (bicyclic) bond motifs is 1. The SMILES string of the molecule is Ic1cccn2nnnc12. The summed E-state index contributed by atoms with van der Waals surface area (Å²) in [5.41, 5.74) is 0.808. The molecule has 0 unspecified atom stereocenters. The minimum atomic E-state index is 0.808. The van der Waals surface area contributed by atoms with E-state index < -0.39 is 0 Å². The number of rotatable bonds is 0. The third kappa shape index (κ3) is 0.772. The van der Waals surface area contributed by atoms with Crippen molar-refractivity contribution in [1.82, 2.24) is 20.0 Å². The summed E-state index contributed by atoms with van der Waals surface area (Å²) >= 11 is 2.19. The van der Waals surface area contributed by atoms with Gasteiger partial charge in [-0.05, 0) is 45.2 Å². The molecule has 0 bridgehead atoms. The number of hydrogen-bond donors (Lipinski definition) is 0. The lowest BCUT2D eigenvalue weighted by Crippen LogP contribution is -1.87. The van der Waals surface area contributed by atoms with E-state index in [0.29, 0.717) is 0 Å². The van der Waals surface area contributed by atoms with E-state index in [9.17, 15) is 0 Å². The van der Waals surface area contributed by atoms with E-state index in [1.165, 1.54) is 0 Å². The second-order valence-corrected chi connectivity index (χ2v) is 2.97.